The lowest BCUT2D eigenvalue weighted by Gasteiger charge is -2.21. The summed E-state index contributed by atoms with van der Waals surface area (Å²) in [6.07, 6.45) is 2.74. The summed E-state index contributed by atoms with van der Waals surface area (Å²) in [5.41, 5.74) is -0.375. The van der Waals surface area contributed by atoms with E-state index in [4.69, 9.17) is 11.6 Å². The molecule has 144 valence electrons. The van der Waals surface area contributed by atoms with Crippen molar-refractivity contribution in [2.24, 2.45) is 10.4 Å². The molecular formula is C18H29ClN6O. The van der Waals surface area contributed by atoms with Gasteiger partial charge in [-0.15, -0.1) is 0 Å². The van der Waals surface area contributed by atoms with E-state index in [1.54, 1.807) is 13.2 Å². The number of carbonyl (C=O) groups is 1. The summed E-state index contributed by atoms with van der Waals surface area (Å²) >= 11 is 6.23. The number of carbonyl (C=O) groups excluding carboxylic acids is 1. The molecule has 1 amide bonds. The van der Waals surface area contributed by atoms with Crippen LogP contribution in [0.25, 0.3) is 0 Å². The SMILES string of the molecule is CN=C(NCCNC(=O)C(C)(C)C)NC1CCN(c2ncccc2Cl)C1. The maximum atomic E-state index is 11.8. The molecule has 3 N–H and O–H groups in total. The predicted octanol–water partition coefficient (Wildman–Crippen LogP) is 1.64. The first-order chi connectivity index (χ1) is 12.3. The molecule has 2 heterocycles. The average Bonchev–Trinajstić information content (AvgIpc) is 3.05. The highest BCUT2D eigenvalue weighted by Crippen LogP contribution is 2.25. The number of aromatic nitrogens is 1. The Hall–Kier alpha value is -2.02. The molecule has 1 unspecified atom stereocenters. The van der Waals surface area contributed by atoms with E-state index in [1.165, 1.54) is 0 Å². The van der Waals surface area contributed by atoms with Gasteiger partial charge in [-0.1, -0.05) is 32.4 Å². The molecule has 1 atom stereocenters. The van der Waals surface area contributed by atoms with E-state index in [-0.39, 0.29) is 17.4 Å². The molecule has 26 heavy (non-hydrogen) atoms. The number of nitrogens with zero attached hydrogens (tertiary/aromatic N) is 3. The maximum absolute atomic E-state index is 11.8. The van der Waals surface area contributed by atoms with Crippen molar-refractivity contribution < 1.29 is 4.79 Å². The molecule has 8 heteroatoms. The standard InChI is InChI=1S/C18H29ClN6O/c1-18(2,3)16(26)22-9-10-23-17(20-4)24-13-7-11-25(12-13)15-14(19)6-5-8-21-15/h5-6,8,13H,7,9-12H2,1-4H3,(H,22,26)(H2,20,23,24). The molecule has 0 spiro atoms. The molecule has 7 nitrogen and oxygen atoms in total. The summed E-state index contributed by atoms with van der Waals surface area (Å²) < 4.78 is 0. The van der Waals surface area contributed by atoms with Gasteiger partial charge in [0.2, 0.25) is 5.91 Å². The zero-order valence-electron chi connectivity index (χ0n) is 16.0. The van der Waals surface area contributed by atoms with Gasteiger partial charge in [-0.25, -0.2) is 4.98 Å². The van der Waals surface area contributed by atoms with Crippen molar-refractivity contribution in [2.75, 3.05) is 38.1 Å². The van der Waals surface area contributed by atoms with Gasteiger partial charge in [-0.2, -0.15) is 0 Å². The third-order valence-corrected chi connectivity index (χ3v) is 4.47. The predicted molar refractivity (Wildman–Crippen MR) is 107 cm³/mol. The molecule has 1 aliphatic heterocycles. The number of guanidine groups is 1. The molecular weight excluding hydrogens is 352 g/mol. The number of pyridine rings is 1. The van der Waals surface area contributed by atoms with Crippen molar-refractivity contribution in [1.82, 2.24) is 20.9 Å². The molecule has 1 fully saturated rings. The minimum Gasteiger partial charge on any atom is -0.355 e. The highest BCUT2D eigenvalue weighted by atomic mass is 35.5. The quantitative estimate of drug-likeness (QED) is 0.411. The molecule has 1 aromatic rings. The number of amides is 1. The van der Waals surface area contributed by atoms with Gasteiger partial charge in [0.1, 0.15) is 5.82 Å². The van der Waals surface area contributed by atoms with Gasteiger partial charge in [-0.05, 0) is 18.6 Å². The van der Waals surface area contributed by atoms with Crippen LogP contribution < -0.4 is 20.9 Å². The fourth-order valence-corrected chi connectivity index (χ4v) is 2.93. The molecule has 2 rings (SSSR count). The fourth-order valence-electron chi connectivity index (χ4n) is 2.69. The molecule has 1 aliphatic rings. The topological polar surface area (TPSA) is 81.6 Å². The second-order valence-electron chi connectivity index (χ2n) is 7.39. The molecule has 0 aromatic carbocycles. The van der Waals surface area contributed by atoms with Crippen molar-refractivity contribution in [2.45, 2.75) is 33.2 Å². The van der Waals surface area contributed by atoms with Gasteiger partial charge >= 0.3 is 0 Å². The monoisotopic (exact) mass is 380 g/mol. The molecule has 0 bridgehead atoms. The van der Waals surface area contributed by atoms with Crippen molar-refractivity contribution in [3.8, 4) is 0 Å². The Labute approximate surface area is 160 Å². The van der Waals surface area contributed by atoms with Crippen LogP contribution in [-0.4, -0.2) is 56.1 Å². The Balaban J connectivity index is 1.75. The van der Waals surface area contributed by atoms with Crippen LogP contribution in [-0.2, 0) is 4.79 Å². The van der Waals surface area contributed by atoms with Crippen LogP contribution in [0.1, 0.15) is 27.2 Å². The normalized spacial score (nSPS) is 18.0. The van der Waals surface area contributed by atoms with Crippen LogP contribution in [0.15, 0.2) is 23.3 Å². The van der Waals surface area contributed by atoms with Crippen LogP contribution in [0.5, 0.6) is 0 Å². The molecule has 0 saturated carbocycles. The Morgan fingerprint density at radius 3 is 2.77 bits per heavy atom. The fraction of sp³-hybridized carbons (Fsp3) is 0.611. The van der Waals surface area contributed by atoms with E-state index in [9.17, 15) is 4.79 Å². The summed E-state index contributed by atoms with van der Waals surface area (Å²) in [7, 11) is 1.74. The van der Waals surface area contributed by atoms with Crippen molar-refractivity contribution in [3.05, 3.63) is 23.4 Å². The average molecular weight is 381 g/mol. The van der Waals surface area contributed by atoms with Gasteiger partial charge in [0.25, 0.3) is 0 Å². The van der Waals surface area contributed by atoms with E-state index in [0.29, 0.717) is 18.1 Å². The summed E-state index contributed by atoms with van der Waals surface area (Å²) in [6.45, 7) is 8.58. The van der Waals surface area contributed by atoms with E-state index < -0.39 is 0 Å². The van der Waals surface area contributed by atoms with Crippen LogP contribution >= 0.6 is 11.6 Å². The lowest BCUT2D eigenvalue weighted by Crippen LogP contribution is -2.47. The summed E-state index contributed by atoms with van der Waals surface area (Å²) in [6, 6.07) is 3.96. The molecule has 0 radical (unpaired) electrons. The van der Waals surface area contributed by atoms with Crippen LogP contribution in [0, 0.1) is 5.41 Å². The zero-order chi connectivity index (χ0) is 19.2. The van der Waals surface area contributed by atoms with E-state index in [0.717, 1.165) is 31.3 Å². The summed E-state index contributed by atoms with van der Waals surface area (Å²) in [5.74, 6) is 1.60. The van der Waals surface area contributed by atoms with Gasteiger partial charge in [-0.3, -0.25) is 9.79 Å². The summed E-state index contributed by atoms with van der Waals surface area (Å²) in [4.78, 5) is 22.7. The third kappa shape index (κ3) is 5.76. The number of hydrogen-bond donors (Lipinski definition) is 3. The summed E-state index contributed by atoms with van der Waals surface area (Å²) in [5, 5.41) is 10.2. The molecule has 0 aliphatic carbocycles. The lowest BCUT2D eigenvalue weighted by atomic mass is 9.96. The highest BCUT2D eigenvalue weighted by molar-refractivity contribution is 6.32. The zero-order valence-corrected chi connectivity index (χ0v) is 16.7. The van der Waals surface area contributed by atoms with Gasteiger partial charge in [0.05, 0.1) is 5.02 Å². The Morgan fingerprint density at radius 2 is 2.12 bits per heavy atom. The van der Waals surface area contributed by atoms with Gasteiger partial charge in [0.15, 0.2) is 5.96 Å². The van der Waals surface area contributed by atoms with E-state index >= 15 is 0 Å². The number of rotatable bonds is 5. The number of nitrogens with one attached hydrogen (secondary N) is 3. The van der Waals surface area contributed by atoms with E-state index in [1.807, 2.05) is 32.9 Å². The molecule has 1 saturated heterocycles. The van der Waals surface area contributed by atoms with E-state index in [2.05, 4.69) is 30.8 Å². The lowest BCUT2D eigenvalue weighted by molar-refractivity contribution is -0.128. The first kappa shape index (κ1) is 20.3. The first-order valence-electron chi connectivity index (χ1n) is 8.92. The Morgan fingerprint density at radius 1 is 1.38 bits per heavy atom. The first-order valence-corrected chi connectivity index (χ1v) is 9.30. The number of hydrogen-bond acceptors (Lipinski definition) is 4. The van der Waals surface area contributed by atoms with Gasteiger partial charge < -0.3 is 20.9 Å². The maximum Gasteiger partial charge on any atom is 0.225 e. The van der Waals surface area contributed by atoms with Crippen LogP contribution in [0.4, 0.5) is 5.82 Å². The number of anilines is 1. The van der Waals surface area contributed by atoms with Crippen molar-refractivity contribution in [3.63, 3.8) is 0 Å². The highest BCUT2D eigenvalue weighted by Gasteiger charge is 2.25. The largest absolute Gasteiger partial charge is 0.355 e. The van der Waals surface area contributed by atoms with Crippen LogP contribution in [0.3, 0.4) is 0 Å². The number of halogens is 1. The smallest absolute Gasteiger partial charge is 0.225 e. The minimum atomic E-state index is -0.375. The molecule has 1 aromatic heterocycles. The third-order valence-electron chi connectivity index (χ3n) is 4.18. The minimum absolute atomic E-state index is 0.0425. The second-order valence-corrected chi connectivity index (χ2v) is 7.80. The Kier molecular flexibility index (Phi) is 7.08. The van der Waals surface area contributed by atoms with Crippen molar-refractivity contribution in [1.29, 1.82) is 0 Å². The van der Waals surface area contributed by atoms with Crippen molar-refractivity contribution >= 4 is 29.3 Å². The van der Waals surface area contributed by atoms with Crippen LogP contribution in [0.2, 0.25) is 5.02 Å². The number of aliphatic imine (C=N–C) groups is 1. The second kappa shape index (κ2) is 9.07. The van der Waals surface area contributed by atoms with Gasteiger partial charge in [0, 0.05) is 50.9 Å². The Bertz CT molecular complexity index is 643.